The minimum absolute atomic E-state index is 0.0265. The van der Waals surface area contributed by atoms with Gasteiger partial charge in [0.05, 0.1) is 13.0 Å². The molecule has 0 aliphatic carbocycles. The van der Waals surface area contributed by atoms with Crippen LogP contribution < -0.4 is 38.5 Å². The van der Waals surface area contributed by atoms with Gasteiger partial charge in [-0.3, -0.25) is 38.6 Å². The average Bonchev–Trinajstić information content (AvgIpc) is 2.99. The summed E-state index contributed by atoms with van der Waals surface area (Å²) in [4.78, 5) is 95.7. The van der Waals surface area contributed by atoms with E-state index < -0.39 is 83.3 Å². The van der Waals surface area contributed by atoms with E-state index in [1.165, 1.54) is 11.8 Å². The third kappa shape index (κ3) is 12.9. The fourth-order valence-corrected chi connectivity index (χ4v) is 7.53. The molecule has 4 atom stereocenters. The number of nitrogens with zero attached hydrogens (tertiary/aromatic N) is 2. The van der Waals surface area contributed by atoms with Gasteiger partial charge in [0.2, 0.25) is 35.4 Å². The molecule has 17 nitrogen and oxygen atoms in total. The van der Waals surface area contributed by atoms with E-state index in [-0.39, 0.29) is 37.6 Å². The van der Waals surface area contributed by atoms with Crippen LogP contribution in [0.5, 0.6) is 0 Å². The smallest absolute Gasteiger partial charge is 0.305 e. The fraction of sp³-hybridized carbons (Fsp3) is 0.517. The number of aliphatic imine (C=N–C) groups is 1. The van der Waals surface area contributed by atoms with Gasteiger partial charge in [-0.15, -0.1) is 0 Å². The molecule has 0 spiro atoms. The van der Waals surface area contributed by atoms with Gasteiger partial charge in [0, 0.05) is 30.5 Å². The first-order valence-corrected chi connectivity index (χ1v) is 17.2. The predicted molar refractivity (Wildman–Crippen MR) is 181 cm³/mol. The van der Waals surface area contributed by atoms with Gasteiger partial charge in [0.15, 0.2) is 5.96 Å². The van der Waals surface area contributed by atoms with Crippen molar-refractivity contribution in [2.75, 3.05) is 18.8 Å². The maximum Gasteiger partial charge on any atom is 0.305 e. The Morgan fingerprint density at radius 3 is 2.31 bits per heavy atom. The molecular formula is C29H43N9O8S2. The van der Waals surface area contributed by atoms with E-state index in [0.29, 0.717) is 5.56 Å². The number of aliphatic carboxylic acids is 1. The van der Waals surface area contributed by atoms with Gasteiger partial charge >= 0.3 is 5.97 Å². The Balaban J connectivity index is 2.63. The van der Waals surface area contributed by atoms with Gasteiger partial charge in [-0.2, -0.15) is 0 Å². The van der Waals surface area contributed by atoms with Crippen molar-refractivity contribution in [3.05, 3.63) is 35.9 Å². The summed E-state index contributed by atoms with van der Waals surface area (Å²) in [7, 11) is 2.20. The van der Waals surface area contributed by atoms with Crippen molar-refractivity contribution in [3.63, 3.8) is 0 Å². The standard InChI is InChI=1S/C29H43N9O8S2/c1-16(39)35-19-15-47-48-29(2,3)23(24(30)43)37-25(44)18(12-22(41)42)36-21(40)13-34-26(45)20(10-7-11-33-28(31)32)38(27(19)46)14-17-8-5-4-6-9-17/h4-6,8-9,18-20,23H,7,10-15H2,1-3H3,(H2,30,43)(H,34,45)(H,35,39)(H,36,40)(H,37,44)(H,41,42)(H4,31,32,33). The second kappa shape index (κ2) is 18.7. The Kier molecular flexibility index (Phi) is 15.5. The minimum atomic E-state index is -1.62. The summed E-state index contributed by atoms with van der Waals surface area (Å²) in [5.41, 5.74) is 17.2. The Morgan fingerprint density at radius 1 is 1.06 bits per heavy atom. The lowest BCUT2D eigenvalue weighted by atomic mass is 10.0. The van der Waals surface area contributed by atoms with Crippen LogP contribution in [0, 0.1) is 0 Å². The summed E-state index contributed by atoms with van der Waals surface area (Å²) >= 11 is 0. The largest absolute Gasteiger partial charge is 0.481 e. The molecule has 1 aromatic rings. The number of carboxylic acid groups (broad SMARTS) is 1. The van der Waals surface area contributed by atoms with E-state index in [9.17, 15) is 38.7 Å². The maximum absolute atomic E-state index is 14.3. The second-order valence-electron chi connectivity index (χ2n) is 11.4. The molecule has 0 radical (unpaired) electrons. The van der Waals surface area contributed by atoms with Gasteiger partial charge in [-0.05, 0) is 32.3 Å². The number of primary amides is 1. The number of carboxylic acids is 1. The van der Waals surface area contributed by atoms with E-state index >= 15 is 0 Å². The number of hydrogen-bond donors (Lipinski definition) is 8. The van der Waals surface area contributed by atoms with E-state index in [1.54, 1.807) is 44.2 Å². The summed E-state index contributed by atoms with van der Waals surface area (Å²) in [6, 6.07) is 3.53. The number of hydrogen-bond acceptors (Lipinski definition) is 10. The highest BCUT2D eigenvalue weighted by Gasteiger charge is 2.40. The molecule has 1 aliphatic rings. The van der Waals surface area contributed by atoms with Crippen LogP contribution in [0.4, 0.5) is 0 Å². The van der Waals surface area contributed by atoms with Crippen molar-refractivity contribution in [3.8, 4) is 0 Å². The average molecular weight is 710 g/mol. The molecule has 6 amide bonds. The monoisotopic (exact) mass is 709 g/mol. The zero-order valence-corrected chi connectivity index (χ0v) is 28.5. The second-order valence-corrected chi connectivity index (χ2v) is 14.4. The van der Waals surface area contributed by atoms with Gasteiger partial charge < -0.3 is 48.5 Å². The van der Waals surface area contributed by atoms with Crippen molar-refractivity contribution < 1.29 is 38.7 Å². The van der Waals surface area contributed by atoms with Crippen LogP contribution in [0.3, 0.4) is 0 Å². The van der Waals surface area contributed by atoms with Crippen LogP contribution in [0.25, 0.3) is 0 Å². The number of benzene rings is 1. The molecule has 1 fully saturated rings. The van der Waals surface area contributed by atoms with Gasteiger partial charge in [0.1, 0.15) is 24.2 Å². The number of rotatable bonds is 10. The molecule has 11 N–H and O–H groups in total. The zero-order chi connectivity index (χ0) is 36.0. The van der Waals surface area contributed by atoms with Gasteiger partial charge in [-0.25, -0.2) is 0 Å². The topological polar surface area (TPSA) is 282 Å². The van der Waals surface area contributed by atoms with Crippen molar-refractivity contribution >= 4 is 69.0 Å². The molecule has 2 rings (SSSR count). The lowest BCUT2D eigenvalue weighted by Gasteiger charge is -2.35. The van der Waals surface area contributed by atoms with E-state index in [0.717, 1.165) is 21.6 Å². The third-order valence-electron chi connectivity index (χ3n) is 6.99. The highest BCUT2D eigenvalue weighted by molar-refractivity contribution is 8.77. The summed E-state index contributed by atoms with van der Waals surface area (Å²) < 4.78 is -1.13. The molecule has 1 aromatic carbocycles. The third-order valence-corrected chi connectivity index (χ3v) is 10.3. The quantitative estimate of drug-likeness (QED) is 0.0576. The molecule has 1 heterocycles. The molecule has 0 aromatic heterocycles. The number of nitrogens with two attached hydrogens (primary N) is 3. The number of guanidine groups is 1. The normalized spacial score (nSPS) is 22.7. The fourth-order valence-electron chi connectivity index (χ4n) is 4.71. The zero-order valence-electron chi connectivity index (χ0n) is 26.9. The Morgan fingerprint density at radius 2 is 1.73 bits per heavy atom. The highest BCUT2D eigenvalue weighted by atomic mass is 33.1. The van der Waals surface area contributed by atoms with Crippen LogP contribution in [0.15, 0.2) is 35.3 Å². The van der Waals surface area contributed by atoms with Crippen molar-refractivity contribution in [1.29, 1.82) is 0 Å². The lowest BCUT2D eigenvalue weighted by molar-refractivity contribution is -0.144. The Labute approximate surface area is 285 Å². The first kappa shape index (κ1) is 39.7. The van der Waals surface area contributed by atoms with E-state index in [4.69, 9.17) is 17.2 Å². The Bertz CT molecular complexity index is 1380. The molecule has 264 valence electrons. The van der Waals surface area contributed by atoms with Crippen LogP contribution >= 0.6 is 21.6 Å². The molecule has 48 heavy (non-hydrogen) atoms. The molecular weight excluding hydrogens is 667 g/mol. The lowest BCUT2D eigenvalue weighted by Crippen LogP contribution is -2.60. The van der Waals surface area contributed by atoms with Crippen molar-refractivity contribution in [2.24, 2.45) is 22.2 Å². The first-order chi connectivity index (χ1) is 22.5. The van der Waals surface area contributed by atoms with Crippen LogP contribution in [-0.4, -0.2) is 105 Å². The molecule has 4 unspecified atom stereocenters. The highest BCUT2D eigenvalue weighted by Crippen LogP contribution is 2.39. The SMILES string of the molecule is CC(=O)NC1CSSC(C)(C)C(C(N)=O)NC(=O)C(CC(=O)O)NC(=O)CNC(=O)C(CCCN=C(N)N)N(Cc2ccccc2)C1=O. The summed E-state index contributed by atoms with van der Waals surface area (Å²) in [5.74, 6) is -6.28. The number of carbonyl (C=O) groups excluding carboxylic acids is 6. The summed E-state index contributed by atoms with van der Waals surface area (Å²) in [5, 5.41) is 19.2. The number of amides is 6. The van der Waals surface area contributed by atoms with E-state index in [2.05, 4.69) is 26.3 Å². The van der Waals surface area contributed by atoms with Gasteiger partial charge in [-0.1, -0.05) is 51.9 Å². The Hall–Kier alpha value is -4.52. The molecule has 0 saturated carbocycles. The van der Waals surface area contributed by atoms with Crippen LogP contribution in [0.1, 0.15) is 45.6 Å². The first-order valence-electron chi connectivity index (χ1n) is 14.9. The number of nitrogens with one attached hydrogen (secondary N) is 4. The molecule has 1 aliphatic heterocycles. The molecule has 1 saturated heterocycles. The summed E-state index contributed by atoms with van der Waals surface area (Å²) in [6.45, 7) is 3.84. The van der Waals surface area contributed by atoms with Gasteiger partial charge in [0.25, 0.3) is 0 Å². The van der Waals surface area contributed by atoms with Crippen molar-refractivity contribution in [1.82, 2.24) is 26.2 Å². The minimum Gasteiger partial charge on any atom is -0.481 e. The van der Waals surface area contributed by atoms with E-state index in [1.807, 2.05) is 0 Å². The molecule has 0 bridgehead atoms. The van der Waals surface area contributed by atoms with Crippen LogP contribution in [0.2, 0.25) is 0 Å². The molecule has 19 heteroatoms. The predicted octanol–water partition coefficient (Wildman–Crippen LogP) is -1.84. The van der Waals surface area contributed by atoms with Crippen LogP contribution in [-0.2, 0) is 40.1 Å². The maximum atomic E-state index is 14.3. The van der Waals surface area contributed by atoms with Crippen molar-refractivity contribution in [2.45, 2.75) is 75.5 Å². The summed E-state index contributed by atoms with van der Waals surface area (Å²) in [6.07, 6.45) is -0.529. The number of carbonyl (C=O) groups is 7.